The lowest BCUT2D eigenvalue weighted by molar-refractivity contribution is -0.143. The predicted octanol–water partition coefficient (Wildman–Crippen LogP) is 0.826. The Kier molecular flexibility index (Phi) is 1.84. The Morgan fingerprint density at radius 2 is 1.92 bits per heavy atom. The number of hydrogen-bond donors (Lipinski definition) is 2. The van der Waals surface area contributed by atoms with Crippen molar-refractivity contribution in [2.45, 2.75) is 41.7 Å². The smallest absolute Gasteiger partial charge is 0.323 e. The standard InChI is InChI=1S/C8H13NO2S/c9-8(7(10)11)3-5-1-2-6(4-8)12-5/h5-6H,1-4,9H2,(H,10,11). The average Bonchev–Trinajstić information content (AvgIpc) is 2.30. The first kappa shape index (κ1) is 8.38. The van der Waals surface area contributed by atoms with Crippen molar-refractivity contribution >= 4 is 17.7 Å². The highest BCUT2D eigenvalue weighted by atomic mass is 32.2. The van der Waals surface area contributed by atoms with Crippen LogP contribution in [0.3, 0.4) is 0 Å². The highest BCUT2D eigenvalue weighted by Gasteiger charge is 2.46. The third-order valence-electron chi connectivity index (χ3n) is 2.81. The number of carboxylic acid groups (broad SMARTS) is 1. The van der Waals surface area contributed by atoms with E-state index in [1.807, 2.05) is 11.8 Å². The van der Waals surface area contributed by atoms with E-state index in [0.717, 1.165) is 12.8 Å². The van der Waals surface area contributed by atoms with E-state index in [0.29, 0.717) is 23.3 Å². The number of fused-ring (bicyclic) bond motifs is 2. The molecular formula is C8H13NO2S. The van der Waals surface area contributed by atoms with Gasteiger partial charge in [0.25, 0.3) is 0 Å². The van der Waals surface area contributed by atoms with Gasteiger partial charge in [-0.15, -0.1) is 0 Å². The molecule has 0 amide bonds. The summed E-state index contributed by atoms with van der Waals surface area (Å²) >= 11 is 1.93. The summed E-state index contributed by atoms with van der Waals surface area (Å²) in [6.45, 7) is 0. The fraction of sp³-hybridized carbons (Fsp3) is 0.875. The molecule has 2 heterocycles. The maximum atomic E-state index is 10.9. The van der Waals surface area contributed by atoms with Gasteiger partial charge in [0.1, 0.15) is 5.54 Å². The van der Waals surface area contributed by atoms with E-state index in [1.54, 1.807) is 0 Å². The topological polar surface area (TPSA) is 63.3 Å². The number of carbonyl (C=O) groups is 1. The number of nitrogens with two attached hydrogens (primary N) is 1. The van der Waals surface area contributed by atoms with Crippen LogP contribution >= 0.6 is 11.8 Å². The molecule has 2 aliphatic heterocycles. The van der Waals surface area contributed by atoms with Crippen molar-refractivity contribution in [1.29, 1.82) is 0 Å². The summed E-state index contributed by atoms with van der Waals surface area (Å²) in [5.41, 5.74) is 4.89. The van der Waals surface area contributed by atoms with Crippen LogP contribution in [0.15, 0.2) is 0 Å². The monoisotopic (exact) mass is 187 g/mol. The molecule has 68 valence electrons. The second kappa shape index (κ2) is 2.64. The van der Waals surface area contributed by atoms with E-state index in [2.05, 4.69) is 0 Å². The van der Waals surface area contributed by atoms with Gasteiger partial charge in [0.15, 0.2) is 0 Å². The minimum Gasteiger partial charge on any atom is -0.480 e. The van der Waals surface area contributed by atoms with Crippen LogP contribution < -0.4 is 5.73 Å². The van der Waals surface area contributed by atoms with E-state index >= 15 is 0 Å². The molecule has 2 aliphatic rings. The van der Waals surface area contributed by atoms with Crippen LogP contribution in [-0.4, -0.2) is 27.1 Å². The zero-order valence-electron chi connectivity index (χ0n) is 6.82. The summed E-state index contributed by atoms with van der Waals surface area (Å²) in [6.07, 6.45) is 3.62. The third kappa shape index (κ3) is 1.23. The highest BCUT2D eigenvalue weighted by molar-refractivity contribution is 8.00. The van der Waals surface area contributed by atoms with Crippen LogP contribution in [0, 0.1) is 0 Å². The Hall–Kier alpha value is -0.220. The minimum atomic E-state index is -0.920. The van der Waals surface area contributed by atoms with E-state index in [9.17, 15) is 4.79 Å². The van der Waals surface area contributed by atoms with E-state index in [-0.39, 0.29) is 0 Å². The van der Waals surface area contributed by atoms with Gasteiger partial charge in [0.05, 0.1) is 0 Å². The van der Waals surface area contributed by atoms with E-state index in [1.165, 1.54) is 0 Å². The summed E-state index contributed by atoms with van der Waals surface area (Å²) < 4.78 is 0. The first-order chi connectivity index (χ1) is 5.60. The lowest BCUT2D eigenvalue weighted by atomic mass is 9.91. The van der Waals surface area contributed by atoms with Crippen molar-refractivity contribution in [3.05, 3.63) is 0 Å². The summed E-state index contributed by atoms with van der Waals surface area (Å²) in [7, 11) is 0. The molecule has 0 aromatic carbocycles. The molecule has 0 aromatic heterocycles. The predicted molar refractivity (Wildman–Crippen MR) is 48.2 cm³/mol. The zero-order chi connectivity index (χ0) is 8.77. The molecule has 2 bridgehead atoms. The molecule has 0 aliphatic carbocycles. The van der Waals surface area contributed by atoms with Crippen molar-refractivity contribution in [3.63, 3.8) is 0 Å². The number of carboxylic acids is 1. The summed E-state index contributed by atoms with van der Waals surface area (Å²) in [5, 5.41) is 9.94. The first-order valence-electron chi connectivity index (χ1n) is 4.28. The van der Waals surface area contributed by atoms with Crippen molar-refractivity contribution < 1.29 is 9.90 Å². The van der Waals surface area contributed by atoms with Crippen molar-refractivity contribution in [2.24, 2.45) is 5.73 Å². The van der Waals surface area contributed by atoms with Crippen LogP contribution in [0.1, 0.15) is 25.7 Å². The van der Waals surface area contributed by atoms with E-state index in [4.69, 9.17) is 10.8 Å². The van der Waals surface area contributed by atoms with E-state index < -0.39 is 11.5 Å². The highest BCUT2D eigenvalue weighted by Crippen LogP contribution is 2.46. The van der Waals surface area contributed by atoms with Crippen LogP contribution in [0.5, 0.6) is 0 Å². The van der Waals surface area contributed by atoms with Crippen LogP contribution in [0.2, 0.25) is 0 Å². The van der Waals surface area contributed by atoms with Gasteiger partial charge >= 0.3 is 5.97 Å². The van der Waals surface area contributed by atoms with Gasteiger partial charge in [-0.1, -0.05) is 0 Å². The summed E-state index contributed by atoms with van der Waals surface area (Å²) in [6, 6.07) is 0. The lowest BCUT2D eigenvalue weighted by Crippen LogP contribution is -2.52. The van der Waals surface area contributed by atoms with Gasteiger partial charge in [-0.05, 0) is 25.7 Å². The maximum absolute atomic E-state index is 10.9. The Labute approximate surface area is 75.7 Å². The second-order valence-electron chi connectivity index (χ2n) is 3.83. The number of rotatable bonds is 1. The molecule has 0 spiro atoms. The van der Waals surface area contributed by atoms with Crippen molar-refractivity contribution in [2.75, 3.05) is 0 Å². The Balaban J connectivity index is 2.15. The maximum Gasteiger partial charge on any atom is 0.323 e. The summed E-state index contributed by atoms with van der Waals surface area (Å²) in [4.78, 5) is 10.9. The Morgan fingerprint density at radius 1 is 1.42 bits per heavy atom. The minimum absolute atomic E-state index is 0.504. The molecule has 2 unspecified atom stereocenters. The lowest BCUT2D eigenvalue weighted by Gasteiger charge is -2.33. The Morgan fingerprint density at radius 3 is 2.33 bits per heavy atom. The fourth-order valence-corrected chi connectivity index (χ4v) is 4.03. The van der Waals surface area contributed by atoms with Gasteiger partial charge in [0.2, 0.25) is 0 Å². The Bertz CT molecular complexity index is 207. The quantitative estimate of drug-likeness (QED) is 0.638. The second-order valence-corrected chi connectivity index (χ2v) is 5.43. The SMILES string of the molecule is NC1(C(=O)O)CC2CCC(C1)S2. The normalized spacial score (nSPS) is 46.1. The van der Waals surface area contributed by atoms with Crippen LogP contribution in [-0.2, 0) is 4.79 Å². The molecule has 2 rings (SSSR count). The molecule has 2 saturated heterocycles. The van der Waals surface area contributed by atoms with Gasteiger partial charge in [-0.2, -0.15) is 11.8 Å². The van der Waals surface area contributed by atoms with Crippen molar-refractivity contribution in [1.82, 2.24) is 0 Å². The van der Waals surface area contributed by atoms with Gasteiger partial charge in [-0.3, -0.25) is 4.79 Å². The zero-order valence-corrected chi connectivity index (χ0v) is 7.64. The number of hydrogen-bond acceptors (Lipinski definition) is 3. The molecule has 0 radical (unpaired) electrons. The van der Waals surface area contributed by atoms with Crippen LogP contribution in [0.4, 0.5) is 0 Å². The third-order valence-corrected chi connectivity index (χ3v) is 4.38. The fourth-order valence-electron chi connectivity index (χ4n) is 2.15. The largest absolute Gasteiger partial charge is 0.480 e. The van der Waals surface area contributed by atoms with Gasteiger partial charge in [-0.25, -0.2) is 0 Å². The molecule has 2 atom stereocenters. The van der Waals surface area contributed by atoms with Crippen molar-refractivity contribution in [3.8, 4) is 0 Å². The molecule has 3 nitrogen and oxygen atoms in total. The van der Waals surface area contributed by atoms with Crippen LogP contribution in [0.25, 0.3) is 0 Å². The molecular weight excluding hydrogens is 174 g/mol. The molecule has 4 heteroatoms. The van der Waals surface area contributed by atoms with Gasteiger partial charge in [0, 0.05) is 10.5 Å². The van der Waals surface area contributed by atoms with Gasteiger partial charge < -0.3 is 10.8 Å². The molecule has 0 saturated carbocycles. The molecule has 12 heavy (non-hydrogen) atoms. The molecule has 0 aromatic rings. The first-order valence-corrected chi connectivity index (χ1v) is 5.22. The summed E-state index contributed by atoms with van der Waals surface area (Å²) in [5.74, 6) is -0.820. The number of aliphatic carboxylic acids is 1. The number of thioether (sulfide) groups is 1. The molecule has 3 N–H and O–H groups in total. The molecule has 2 fully saturated rings. The average molecular weight is 187 g/mol.